The summed E-state index contributed by atoms with van der Waals surface area (Å²) in [6.45, 7) is 4.28. The minimum absolute atomic E-state index is 0.0244. The van der Waals surface area contributed by atoms with Crippen LogP contribution < -0.4 is 10.9 Å². The van der Waals surface area contributed by atoms with Gasteiger partial charge in [0.05, 0.1) is 35.6 Å². The summed E-state index contributed by atoms with van der Waals surface area (Å²) in [5.41, 5.74) is 0.826. The molecule has 0 saturated carbocycles. The van der Waals surface area contributed by atoms with Gasteiger partial charge in [-0.05, 0) is 12.8 Å². The summed E-state index contributed by atoms with van der Waals surface area (Å²) in [7, 11) is 1.61. The van der Waals surface area contributed by atoms with Crippen molar-refractivity contribution in [1.29, 1.82) is 0 Å². The molecule has 0 spiro atoms. The maximum atomic E-state index is 12.8. The van der Waals surface area contributed by atoms with Crippen LogP contribution in [-0.4, -0.2) is 59.4 Å². The van der Waals surface area contributed by atoms with E-state index in [4.69, 9.17) is 9.47 Å². The molecule has 1 saturated heterocycles. The van der Waals surface area contributed by atoms with Crippen molar-refractivity contribution in [1.82, 2.24) is 14.9 Å². The topological polar surface area (TPSA) is 82.4 Å². The van der Waals surface area contributed by atoms with Crippen molar-refractivity contribution in [2.75, 3.05) is 32.6 Å². The zero-order valence-electron chi connectivity index (χ0n) is 15.2. The fourth-order valence-electron chi connectivity index (χ4n) is 3.04. The molecular formula is C17H25N3O4S2. The van der Waals surface area contributed by atoms with E-state index in [9.17, 15) is 9.59 Å². The Hall–Kier alpha value is -1.03. The quantitative estimate of drug-likeness (QED) is 0.521. The van der Waals surface area contributed by atoms with E-state index in [0.29, 0.717) is 30.1 Å². The number of rotatable bonds is 8. The lowest BCUT2D eigenvalue weighted by Gasteiger charge is -2.14. The maximum absolute atomic E-state index is 12.8. The third-order valence-electron chi connectivity index (χ3n) is 4.37. The van der Waals surface area contributed by atoms with E-state index in [0.717, 1.165) is 36.5 Å². The number of amides is 1. The number of thioether (sulfide) groups is 2. The van der Waals surface area contributed by atoms with Crippen LogP contribution in [0.3, 0.4) is 0 Å². The Labute approximate surface area is 161 Å². The van der Waals surface area contributed by atoms with Gasteiger partial charge in [-0.3, -0.25) is 14.2 Å². The Morgan fingerprint density at radius 2 is 2.38 bits per heavy atom. The standard InChI is InChI=1S/C17H25N3O4S2/c1-11-8-13-15(26-11)16(22)20(5-7-23-2)17(19-13)25-10-14(21)18-9-12-4-3-6-24-12/h11-12H,3-10H2,1-2H3,(H,18,21)/t11-,12+/m1/s1. The number of hydrogen-bond acceptors (Lipinski definition) is 7. The van der Waals surface area contributed by atoms with Gasteiger partial charge in [-0.1, -0.05) is 18.7 Å². The second-order valence-corrected chi connectivity index (χ2v) is 8.87. The first kappa shape index (κ1) is 19.7. The van der Waals surface area contributed by atoms with Crippen LogP contribution in [0.15, 0.2) is 14.8 Å². The molecule has 2 atom stereocenters. The van der Waals surface area contributed by atoms with Crippen LogP contribution in [0.4, 0.5) is 0 Å². The number of ether oxygens (including phenoxy) is 2. The Kier molecular flexibility index (Phi) is 7.02. The summed E-state index contributed by atoms with van der Waals surface area (Å²) in [6, 6.07) is 0. The van der Waals surface area contributed by atoms with Crippen molar-refractivity contribution in [3.63, 3.8) is 0 Å². The smallest absolute Gasteiger partial charge is 0.268 e. The van der Waals surface area contributed by atoms with Gasteiger partial charge in [-0.25, -0.2) is 4.98 Å². The lowest BCUT2D eigenvalue weighted by atomic mass is 10.2. The number of hydrogen-bond donors (Lipinski definition) is 1. The molecule has 7 nitrogen and oxygen atoms in total. The molecule has 2 aliphatic rings. The first-order chi connectivity index (χ1) is 12.6. The van der Waals surface area contributed by atoms with Gasteiger partial charge in [0.2, 0.25) is 5.91 Å². The molecule has 0 unspecified atom stereocenters. The van der Waals surface area contributed by atoms with Gasteiger partial charge < -0.3 is 14.8 Å². The van der Waals surface area contributed by atoms with Crippen LogP contribution in [0.1, 0.15) is 25.5 Å². The molecule has 1 N–H and O–H groups in total. The number of nitrogens with zero attached hydrogens (tertiary/aromatic N) is 2. The fraction of sp³-hybridized carbons (Fsp3) is 0.706. The van der Waals surface area contributed by atoms with E-state index in [1.54, 1.807) is 23.4 Å². The molecule has 26 heavy (non-hydrogen) atoms. The summed E-state index contributed by atoms with van der Waals surface area (Å²) >= 11 is 2.89. The Balaban J connectivity index is 1.65. The van der Waals surface area contributed by atoms with Crippen LogP contribution in [0, 0.1) is 0 Å². The maximum Gasteiger partial charge on any atom is 0.268 e. The molecule has 1 aromatic rings. The summed E-state index contributed by atoms with van der Waals surface area (Å²) in [6.07, 6.45) is 2.96. The third-order valence-corrected chi connectivity index (χ3v) is 6.56. The highest BCUT2D eigenvalue weighted by molar-refractivity contribution is 8.00. The van der Waals surface area contributed by atoms with E-state index in [1.807, 2.05) is 0 Å². The minimum Gasteiger partial charge on any atom is -0.383 e. The number of carbonyl (C=O) groups is 1. The first-order valence-electron chi connectivity index (χ1n) is 8.89. The molecule has 144 valence electrons. The van der Waals surface area contributed by atoms with Gasteiger partial charge in [-0.15, -0.1) is 11.8 Å². The van der Waals surface area contributed by atoms with Crippen LogP contribution >= 0.6 is 23.5 Å². The Morgan fingerprint density at radius 1 is 1.54 bits per heavy atom. The van der Waals surface area contributed by atoms with Crippen LogP contribution in [0.25, 0.3) is 0 Å². The van der Waals surface area contributed by atoms with E-state index < -0.39 is 0 Å². The highest BCUT2D eigenvalue weighted by Gasteiger charge is 2.26. The van der Waals surface area contributed by atoms with Gasteiger partial charge in [0.15, 0.2) is 5.16 Å². The van der Waals surface area contributed by atoms with E-state index in [-0.39, 0.29) is 23.3 Å². The lowest BCUT2D eigenvalue weighted by molar-refractivity contribution is -0.119. The fourth-order valence-corrected chi connectivity index (χ4v) is 5.02. The molecule has 1 amide bonds. The summed E-state index contributed by atoms with van der Waals surface area (Å²) in [5.74, 6) is 0.162. The van der Waals surface area contributed by atoms with Crippen LogP contribution in [-0.2, 0) is 27.2 Å². The Morgan fingerprint density at radius 3 is 3.12 bits per heavy atom. The van der Waals surface area contributed by atoms with Gasteiger partial charge in [-0.2, -0.15) is 0 Å². The number of methoxy groups -OCH3 is 1. The van der Waals surface area contributed by atoms with Crippen LogP contribution in [0.5, 0.6) is 0 Å². The average Bonchev–Trinajstić information content (AvgIpc) is 3.26. The first-order valence-corrected chi connectivity index (χ1v) is 10.8. The van der Waals surface area contributed by atoms with Crippen molar-refractivity contribution in [3.05, 3.63) is 16.0 Å². The zero-order chi connectivity index (χ0) is 18.5. The number of fused-ring (bicyclic) bond motifs is 1. The molecule has 0 aromatic carbocycles. The minimum atomic E-state index is -0.0683. The van der Waals surface area contributed by atoms with E-state index in [2.05, 4.69) is 17.2 Å². The molecule has 1 aromatic heterocycles. The van der Waals surface area contributed by atoms with E-state index in [1.165, 1.54) is 11.8 Å². The largest absolute Gasteiger partial charge is 0.383 e. The van der Waals surface area contributed by atoms with E-state index >= 15 is 0 Å². The van der Waals surface area contributed by atoms with Crippen molar-refractivity contribution in [2.45, 2.75) is 54.1 Å². The zero-order valence-corrected chi connectivity index (χ0v) is 16.8. The predicted octanol–water partition coefficient (Wildman–Crippen LogP) is 1.31. The van der Waals surface area contributed by atoms with Crippen molar-refractivity contribution in [2.24, 2.45) is 0 Å². The Bertz CT molecular complexity index is 704. The predicted molar refractivity (Wildman–Crippen MR) is 102 cm³/mol. The van der Waals surface area contributed by atoms with Gasteiger partial charge in [0, 0.05) is 31.9 Å². The van der Waals surface area contributed by atoms with Gasteiger partial charge >= 0.3 is 0 Å². The average molecular weight is 400 g/mol. The molecular weight excluding hydrogens is 374 g/mol. The third kappa shape index (κ3) is 4.82. The molecule has 0 radical (unpaired) electrons. The molecule has 2 aliphatic heterocycles. The second kappa shape index (κ2) is 9.25. The molecule has 0 bridgehead atoms. The van der Waals surface area contributed by atoms with Gasteiger partial charge in [0.25, 0.3) is 5.56 Å². The molecule has 3 heterocycles. The van der Waals surface area contributed by atoms with Gasteiger partial charge in [0.1, 0.15) is 0 Å². The van der Waals surface area contributed by atoms with Crippen molar-refractivity contribution in [3.8, 4) is 0 Å². The molecule has 3 rings (SSSR count). The number of nitrogens with one attached hydrogen (secondary N) is 1. The number of aromatic nitrogens is 2. The van der Waals surface area contributed by atoms with Crippen molar-refractivity contribution >= 4 is 29.4 Å². The monoisotopic (exact) mass is 399 g/mol. The van der Waals surface area contributed by atoms with Crippen molar-refractivity contribution < 1.29 is 14.3 Å². The highest BCUT2D eigenvalue weighted by Crippen LogP contribution is 2.34. The highest BCUT2D eigenvalue weighted by atomic mass is 32.2. The molecule has 0 aliphatic carbocycles. The molecule has 9 heteroatoms. The normalized spacial score (nSPS) is 21.8. The lowest BCUT2D eigenvalue weighted by Crippen LogP contribution is -2.33. The summed E-state index contributed by atoms with van der Waals surface area (Å²) in [5, 5.41) is 3.85. The summed E-state index contributed by atoms with van der Waals surface area (Å²) in [4.78, 5) is 30.3. The summed E-state index contributed by atoms with van der Waals surface area (Å²) < 4.78 is 12.3. The van der Waals surface area contributed by atoms with Crippen LogP contribution in [0.2, 0.25) is 0 Å². The molecule has 1 fully saturated rings. The second-order valence-electron chi connectivity index (χ2n) is 6.48. The number of carbonyl (C=O) groups excluding carboxylic acids is 1. The SMILES string of the molecule is COCCn1c(SCC(=O)NC[C@@H]2CCCO2)nc2c(c1=O)S[C@H](C)C2.